The monoisotopic (exact) mass is 475 g/mol. The Morgan fingerprint density at radius 2 is 1.58 bits per heavy atom. The minimum Gasteiger partial charge on any atom is -0.448 e. The lowest BCUT2D eigenvalue weighted by Gasteiger charge is -2.14. The summed E-state index contributed by atoms with van der Waals surface area (Å²) in [6.07, 6.45) is -0.664. The number of carbonyl (C=O) groups is 2. The van der Waals surface area contributed by atoms with E-state index in [2.05, 4.69) is 34.6 Å². The lowest BCUT2D eigenvalue weighted by molar-refractivity contribution is 0.104. The number of aromatic nitrogens is 1. The molecule has 8 heteroatoms. The predicted octanol–water partition coefficient (Wildman–Crippen LogP) is 5.97. The molecule has 3 N–H and O–H groups in total. The summed E-state index contributed by atoms with van der Waals surface area (Å²) in [7, 11) is 0. The number of benzene rings is 3. The van der Waals surface area contributed by atoms with Gasteiger partial charge in [0.05, 0.1) is 5.02 Å². The number of ketones is 1. The number of hydrogen-bond acceptors (Lipinski definition) is 6. The third kappa shape index (κ3) is 3.97. The fourth-order valence-electron chi connectivity index (χ4n) is 4.04. The Kier molecular flexibility index (Phi) is 5.58. The number of hydrogen-bond donors (Lipinski definition) is 2. The van der Waals surface area contributed by atoms with Gasteiger partial charge in [0.15, 0.2) is 5.13 Å². The van der Waals surface area contributed by atoms with Gasteiger partial charge in [-0.3, -0.25) is 10.1 Å². The van der Waals surface area contributed by atoms with Crippen molar-refractivity contribution in [3.05, 3.63) is 99.4 Å². The van der Waals surface area contributed by atoms with Crippen LogP contribution in [-0.4, -0.2) is 23.5 Å². The molecule has 6 nitrogen and oxygen atoms in total. The van der Waals surface area contributed by atoms with Gasteiger partial charge in [0.2, 0.25) is 5.78 Å². The second kappa shape index (κ2) is 8.69. The van der Waals surface area contributed by atoms with Crippen molar-refractivity contribution in [1.29, 1.82) is 0 Å². The van der Waals surface area contributed by atoms with Crippen molar-refractivity contribution in [3.8, 4) is 11.1 Å². The number of halogens is 1. The van der Waals surface area contributed by atoms with Crippen molar-refractivity contribution in [2.75, 3.05) is 17.7 Å². The molecule has 0 bridgehead atoms. The summed E-state index contributed by atoms with van der Waals surface area (Å²) in [6.45, 7) is 0.173. The molecule has 1 aromatic heterocycles. The maximum Gasteiger partial charge on any atom is 0.413 e. The summed E-state index contributed by atoms with van der Waals surface area (Å²) >= 11 is 7.10. The Bertz CT molecular complexity index is 1340. The summed E-state index contributed by atoms with van der Waals surface area (Å²) in [5, 5.41) is 3.08. The van der Waals surface area contributed by atoms with Crippen molar-refractivity contribution in [3.63, 3.8) is 0 Å². The minimum atomic E-state index is -0.664. The van der Waals surface area contributed by atoms with Gasteiger partial charge >= 0.3 is 6.09 Å². The van der Waals surface area contributed by atoms with E-state index in [9.17, 15) is 9.59 Å². The van der Waals surface area contributed by atoms with Crippen LogP contribution in [0, 0.1) is 0 Å². The number of ether oxygens (including phenoxy) is 1. The highest BCUT2D eigenvalue weighted by Crippen LogP contribution is 2.44. The van der Waals surface area contributed by atoms with Crippen molar-refractivity contribution < 1.29 is 14.3 Å². The molecule has 0 fully saturated rings. The second-order valence-electron chi connectivity index (χ2n) is 7.49. The van der Waals surface area contributed by atoms with Gasteiger partial charge in [-0.2, -0.15) is 0 Å². The summed E-state index contributed by atoms with van der Waals surface area (Å²) in [4.78, 5) is 29.6. The van der Waals surface area contributed by atoms with E-state index in [0.29, 0.717) is 10.6 Å². The first-order valence-electron chi connectivity index (χ1n) is 10.2. The Morgan fingerprint density at radius 3 is 2.24 bits per heavy atom. The van der Waals surface area contributed by atoms with E-state index in [4.69, 9.17) is 22.1 Å². The number of nitrogens with one attached hydrogen (secondary N) is 1. The first-order valence-corrected chi connectivity index (χ1v) is 11.4. The van der Waals surface area contributed by atoms with E-state index in [-0.39, 0.29) is 34.1 Å². The van der Waals surface area contributed by atoms with Gasteiger partial charge in [0.1, 0.15) is 17.3 Å². The maximum absolute atomic E-state index is 12.8. The summed E-state index contributed by atoms with van der Waals surface area (Å²) in [5.74, 6) is -0.378. The van der Waals surface area contributed by atoms with Gasteiger partial charge in [-0.05, 0) is 34.4 Å². The number of nitrogens with zero attached hydrogens (tertiary/aromatic N) is 1. The predicted molar refractivity (Wildman–Crippen MR) is 130 cm³/mol. The minimum absolute atomic E-state index is 0.0267. The molecule has 4 aromatic rings. The SMILES string of the molecule is Nc1nc(NC(=O)OCC2c3ccccc3-c3ccccc32)sc1C(=O)c1ccccc1Cl. The zero-order valence-corrected chi connectivity index (χ0v) is 18.8. The molecule has 1 heterocycles. The summed E-state index contributed by atoms with van der Waals surface area (Å²) in [6, 6.07) is 22.9. The smallest absolute Gasteiger partial charge is 0.413 e. The normalized spacial score (nSPS) is 12.2. The molecular formula is C25H18ClN3O3S. The van der Waals surface area contributed by atoms with E-state index in [0.717, 1.165) is 33.6 Å². The Balaban J connectivity index is 1.29. The van der Waals surface area contributed by atoms with Crippen LogP contribution in [0.1, 0.15) is 32.3 Å². The molecule has 0 aliphatic heterocycles. The van der Waals surface area contributed by atoms with E-state index in [1.54, 1.807) is 24.3 Å². The molecule has 33 heavy (non-hydrogen) atoms. The number of carbonyl (C=O) groups excluding carboxylic acids is 2. The third-order valence-corrected chi connectivity index (χ3v) is 6.85. The fourth-order valence-corrected chi connectivity index (χ4v) is 5.08. The molecule has 164 valence electrons. The average molecular weight is 476 g/mol. The van der Waals surface area contributed by atoms with Crippen LogP contribution in [0.25, 0.3) is 11.1 Å². The number of fused-ring (bicyclic) bond motifs is 3. The van der Waals surface area contributed by atoms with Crippen LogP contribution >= 0.6 is 22.9 Å². The molecule has 0 radical (unpaired) electrons. The van der Waals surface area contributed by atoms with Gasteiger partial charge in [0.25, 0.3) is 0 Å². The van der Waals surface area contributed by atoms with Gasteiger partial charge in [-0.25, -0.2) is 9.78 Å². The topological polar surface area (TPSA) is 94.3 Å². The molecule has 1 aliphatic carbocycles. The van der Waals surface area contributed by atoms with Gasteiger partial charge in [-0.15, -0.1) is 0 Å². The number of thiazole rings is 1. The molecule has 0 unspecified atom stereocenters. The van der Waals surface area contributed by atoms with E-state index >= 15 is 0 Å². The van der Waals surface area contributed by atoms with Crippen molar-refractivity contribution in [2.45, 2.75) is 5.92 Å². The molecule has 0 saturated heterocycles. The maximum atomic E-state index is 12.8. The van der Waals surface area contributed by atoms with E-state index < -0.39 is 6.09 Å². The molecule has 0 atom stereocenters. The van der Waals surface area contributed by atoms with E-state index in [1.807, 2.05) is 24.3 Å². The Labute approximate surface area is 199 Å². The molecule has 0 saturated carbocycles. The van der Waals surface area contributed by atoms with Crippen LogP contribution in [0.3, 0.4) is 0 Å². The zero-order valence-electron chi connectivity index (χ0n) is 17.2. The average Bonchev–Trinajstić information content (AvgIpc) is 3.35. The lowest BCUT2D eigenvalue weighted by atomic mass is 9.98. The van der Waals surface area contributed by atoms with Crippen LogP contribution in [0.15, 0.2) is 72.8 Å². The molecular weight excluding hydrogens is 458 g/mol. The second-order valence-corrected chi connectivity index (χ2v) is 8.90. The highest BCUT2D eigenvalue weighted by molar-refractivity contribution is 7.18. The van der Waals surface area contributed by atoms with E-state index in [1.165, 1.54) is 0 Å². The first kappa shape index (κ1) is 21.2. The van der Waals surface area contributed by atoms with Crippen LogP contribution in [0.4, 0.5) is 15.7 Å². The molecule has 5 rings (SSSR count). The van der Waals surface area contributed by atoms with Gasteiger partial charge in [-0.1, -0.05) is 83.6 Å². The summed E-state index contributed by atoms with van der Waals surface area (Å²) < 4.78 is 5.53. The van der Waals surface area contributed by atoms with Crippen LogP contribution in [-0.2, 0) is 4.74 Å². The Hall–Kier alpha value is -3.68. The quantitative estimate of drug-likeness (QED) is 0.347. The standard InChI is InChI=1S/C25H18ClN3O3S/c26-20-12-6-5-11-18(20)21(30)22-23(27)28-24(33-22)29-25(31)32-13-19-16-9-3-1-7-14(16)15-8-2-4-10-17(15)19/h1-12,19H,13,27H2,(H,28,29,31). The largest absolute Gasteiger partial charge is 0.448 e. The molecule has 3 aromatic carbocycles. The van der Waals surface area contributed by atoms with Crippen LogP contribution in [0.2, 0.25) is 5.02 Å². The highest BCUT2D eigenvalue weighted by atomic mass is 35.5. The number of nitrogen functional groups attached to an aromatic ring is 1. The molecule has 1 aliphatic rings. The van der Waals surface area contributed by atoms with Crippen molar-refractivity contribution in [2.24, 2.45) is 0 Å². The van der Waals surface area contributed by atoms with Crippen molar-refractivity contribution >= 4 is 45.8 Å². The third-order valence-electron chi connectivity index (χ3n) is 5.53. The van der Waals surface area contributed by atoms with Gasteiger partial charge in [0, 0.05) is 11.5 Å². The lowest BCUT2D eigenvalue weighted by Crippen LogP contribution is -2.17. The van der Waals surface area contributed by atoms with Gasteiger partial charge < -0.3 is 10.5 Å². The fraction of sp³-hybridized carbons (Fsp3) is 0.0800. The van der Waals surface area contributed by atoms with Crippen molar-refractivity contribution in [1.82, 2.24) is 4.98 Å². The zero-order chi connectivity index (χ0) is 22.9. The van der Waals surface area contributed by atoms with Crippen LogP contribution in [0.5, 0.6) is 0 Å². The number of nitrogens with two attached hydrogens (primary N) is 1. The highest BCUT2D eigenvalue weighted by Gasteiger charge is 2.29. The molecule has 1 amide bonds. The number of amides is 1. The number of anilines is 2. The first-order chi connectivity index (χ1) is 16.0. The number of rotatable bonds is 5. The Morgan fingerprint density at radius 1 is 0.970 bits per heavy atom. The summed E-state index contributed by atoms with van der Waals surface area (Å²) in [5.41, 5.74) is 10.8. The molecule has 0 spiro atoms. The van der Waals surface area contributed by atoms with Crippen LogP contribution < -0.4 is 11.1 Å².